The van der Waals surface area contributed by atoms with E-state index in [2.05, 4.69) is 20.8 Å². The molecular formula is C13H26N2O. The molecule has 0 aliphatic heterocycles. The van der Waals surface area contributed by atoms with Crippen molar-refractivity contribution in [2.45, 2.75) is 46.1 Å². The van der Waals surface area contributed by atoms with E-state index in [1.807, 2.05) is 11.9 Å². The van der Waals surface area contributed by atoms with Crippen LogP contribution < -0.4 is 5.73 Å². The molecule has 94 valence electrons. The first kappa shape index (κ1) is 13.5. The summed E-state index contributed by atoms with van der Waals surface area (Å²) in [7, 11) is 1.92. The monoisotopic (exact) mass is 226 g/mol. The first-order valence-electron chi connectivity index (χ1n) is 6.42. The second-order valence-electron chi connectivity index (χ2n) is 5.77. The Morgan fingerprint density at radius 3 is 2.56 bits per heavy atom. The number of carbonyl (C=O) groups is 1. The average Bonchev–Trinajstić information content (AvgIpc) is 2.15. The third-order valence-corrected chi connectivity index (χ3v) is 3.54. The molecule has 0 heterocycles. The van der Waals surface area contributed by atoms with Gasteiger partial charge in [-0.1, -0.05) is 20.8 Å². The lowest BCUT2D eigenvalue weighted by Crippen LogP contribution is -2.42. The number of carbonyl (C=O) groups excluding carboxylic acids is 1. The number of amides is 1. The van der Waals surface area contributed by atoms with Crippen molar-refractivity contribution >= 4 is 5.91 Å². The van der Waals surface area contributed by atoms with Crippen molar-refractivity contribution in [3.63, 3.8) is 0 Å². The molecule has 0 radical (unpaired) electrons. The summed E-state index contributed by atoms with van der Waals surface area (Å²) in [4.78, 5) is 14.1. The highest BCUT2D eigenvalue weighted by Crippen LogP contribution is 2.30. The Labute approximate surface area is 99.4 Å². The lowest BCUT2D eigenvalue weighted by Gasteiger charge is -2.34. The van der Waals surface area contributed by atoms with Gasteiger partial charge in [0.25, 0.3) is 0 Å². The fourth-order valence-electron chi connectivity index (χ4n) is 2.73. The van der Waals surface area contributed by atoms with Gasteiger partial charge in [0, 0.05) is 25.6 Å². The van der Waals surface area contributed by atoms with E-state index in [9.17, 15) is 4.79 Å². The number of hydrogen-bond donors (Lipinski definition) is 1. The van der Waals surface area contributed by atoms with Crippen LogP contribution in [0.2, 0.25) is 0 Å². The highest BCUT2D eigenvalue weighted by atomic mass is 16.2. The van der Waals surface area contributed by atoms with Gasteiger partial charge >= 0.3 is 0 Å². The molecule has 3 atom stereocenters. The van der Waals surface area contributed by atoms with Crippen molar-refractivity contribution in [3.05, 3.63) is 0 Å². The van der Waals surface area contributed by atoms with Gasteiger partial charge < -0.3 is 10.6 Å². The van der Waals surface area contributed by atoms with E-state index in [-0.39, 0.29) is 5.92 Å². The van der Waals surface area contributed by atoms with Crippen LogP contribution in [0.1, 0.15) is 40.0 Å². The van der Waals surface area contributed by atoms with E-state index in [4.69, 9.17) is 5.73 Å². The second kappa shape index (κ2) is 5.67. The van der Waals surface area contributed by atoms with E-state index < -0.39 is 0 Å². The zero-order valence-corrected chi connectivity index (χ0v) is 11.1. The minimum absolute atomic E-state index is 0.198. The van der Waals surface area contributed by atoms with Gasteiger partial charge in [-0.3, -0.25) is 4.79 Å². The van der Waals surface area contributed by atoms with Gasteiger partial charge in [0.1, 0.15) is 0 Å². The van der Waals surface area contributed by atoms with Crippen molar-refractivity contribution in [1.82, 2.24) is 4.90 Å². The third kappa shape index (κ3) is 3.48. The van der Waals surface area contributed by atoms with Crippen molar-refractivity contribution in [2.75, 3.05) is 13.6 Å². The lowest BCUT2D eigenvalue weighted by molar-refractivity contribution is -0.137. The third-order valence-electron chi connectivity index (χ3n) is 3.54. The maximum atomic E-state index is 12.2. The molecule has 0 aromatic heterocycles. The second-order valence-corrected chi connectivity index (χ2v) is 5.77. The summed E-state index contributed by atoms with van der Waals surface area (Å²) in [6, 6.07) is 0.300. The summed E-state index contributed by atoms with van der Waals surface area (Å²) in [6.45, 7) is 7.30. The molecule has 2 N–H and O–H groups in total. The van der Waals surface area contributed by atoms with Crippen LogP contribution in [0, 0.1) is 17.8 Å². The van der Waals surface area contributed by atoms with E-state index in [0.29, 0.717) is 23.8 Å². The van der Waals surface area contributed by atoms with Crippen LogP contribution in [-0.2, 0) is 4.79 Å². The van der Waals surface area contributed by atoms with Gasteiger partial charge in [-0.25, -0.2) is 0 Å². The summed E-state index contributed by atoms with van der Waals surface area (Å²) in [5.41, 5.74) is 5.92. The van der Waals surface area contributed by atoms with E-state index >= 15 is 0 Å². The Morgan fingerprint density at radius 1 is 1.44 bits per heavy atom. The predicted octanol–water partition coefficient (Wildman–Crippen LogP) is 1.86. The van der Waals surface area contributed by atoms with Gasteiger partial charge in [0.05, 0.1) is 0 Å². The number of rotatable bonds is 3. The number of nitrogens with zero attached hydrogens (tertiary/aromatic N) is 1. The molecule has 3 heteroatoms. The van der Waals surface area contributed by atoms with Crippen molar-refractivity contribution in [1.29, 1.82) is 0 Å². The van der Waals surface area contributed by atoms with Crippen LogP contribution in [0.4, 0.5) is 0 Å². The molecule has 0 spiro atoms. The SMILES string of the molecule is CC(C)CN(C)C(=O)C1CCC(N)CC1C. The maximum absolute atomic E-state index is 12.2. The van der Waals surface area contributed by atoms with Crippen LogP contribution in [0.25, 0.3) is 0 Å². The van der Waals surface area contributed by atoms with E-state index in [1.165, 1.54) is 0 Å². The van der Waals surface area contributed by atoms with Gasteiger partial charge in [0.15, 0.2) is 0 Å². The number of hydrogen-bond acceptors (Lipinski definition) is 2. The highest BCUT2D eigenvalue weighted by Gasteiger charge is 2.32. The molecule has 1 aliphatic carbocycles. The molecule has 3 unspecified atom stereocenters. The molecular weight excluding hydrogens is 200 g/mol. The van der Waals surface area contributed by atoms with Crippen molar-refractivity contribution in [2.24, 2.45) is 23.5 Å². The molecule has 0 aromatic carbocycles. The quantitative estimate of drug-likeness (QED) is 0.798. The molecule has 0 aromatic rings. The number of nitrogens with two attached hydrogens (primary N) is 1. The minimum atomic E-state index is 0.198. The Morgan fingerprint density at radius 2 is 2.06 bits per heavy atom. The van der Waals surface area contributed by atoms with E-state index in [1.54, 1.807) is 0 Å². The largest absolute Gasteiger partial charge is 0.345 e. The van der Waals surface area contributed by atoms with E-state index in [0.717, 1.165) is 25.8 Å². The van der Waals surface area contributed by atoms with Gasteiger partial charge in [-0.2, -0.15) is 0 Å². The van der Waals surface area contributed by atoms with Gasteiger partial charge in [-0.05, 0) is 31.1 Å². The molecule has 1 saturated carbocycles. The normalized spacial score (nSPS) is 30.5. The topological polar surface area (TPSA) is 46.3 Å². The molecule has 0 bridgehead atoms. The lowest BCUT2D eigenvalue weighted by atomic mass is 9.77. The summed E-state index contributed by atoms with van der Waals surface area (Å²) < 4.78 is 0. The maximum Gasteiger partial charge on any atom is 0.225 e. The molecule has 0 saturated heterocycles. The summed E-state index contributed by atoms with van der Waals surface area (Å²) in [5, 5.41) is 0. The molecule has 1 amide bonds. The summed E-state index contributed by atoms with van der Waals surface area (Å²) >= 11 is 0. The molecule has 1 rings (SSSR count). The van der Waals surface area contributed by atoms with Crippen molar-refractivity contribution < 1.29 is 4.79 Å². The van der Waals surface area contributed by atoms with Crippen LogP contribution in [0.15, 0.2) is 0 Å². The van der Waals surface area contributed by atoms with Crippen LogP contribution in [0.5, 0.6) is 0 Å². The highest BCUT2D eigenvalue weighted by molar-refractivity contribution is 5.79. The minimum Gasteiger partial charge on any atom is -0.345 e. The molecule has 3 nitrogen and oxygen atoms in total. The molecule has 16 heavy (non-hydrogen) atoms. The predicted molar refractivity (Wildman–Crippen MR) is 67.0 cm³/mol. The van der Waals surface area contributed by atoms with Gasteiger partial charge in [-0.15, -0.1) is 0 Å². The Hall–Kier alpha value is -0.570. The fraction of sp³-hybridized carbons (Fsp3) is 0.923. The zero-order valence-electron chi connectivity index (χ0n) is 11.1. The summed E-state index contributed by atoms with van der Waals surface area (Å²) in [6.07, 6.45) is 2.95. The first-order valence-corrected chi connectivity index (χ1v) is 6.42. The van der Waals surface area contributed by atoms with Crippen molar-refractivity contribution in [3.8, 4) is 0 Å². The Bertz CT molecular complexity index is 240. The zero-order chi connectivity index (χ0) is 12.3. The fourth-order valence-corrected chi connectivity index (χ4v) is 2.73. The smallest absolute Gasteiger partial charge is 0.225 e. The Kier molecular flexibility index (Phi) is 4.78. The van der Waals surface area contributed by atoms with Crippen LogP contribution in [-0.4, -0.2) is 30.4 Å². The Balaban J connectivity index is 2.53. The van der Waals surface area contributed by atoms with Crippen LogP contribution >= 0.6 is 0 Å². The summed E-state index contributed by atoms with van der Waals surface area (Å²) in [5.74, 6) is 1.48. The average molecular weight is 226 g/mol. The standard InChI is InChI=1S/C13H26N2O/c1-9(2)8-15(4)13(16)12-6-5-11(14)7-10(12)3/h9-12H,5-8,14H2,1-4H3. The van der Waals surface area contributed by atoms with Gasteiger partial charge in [0.2, 0.25) is 5.91 Å². The first-order chi connectivity index (χ1) is 7.41. The molecule has 1 aliphatic rings. The van der Waals surface area contributed by atoms with Crippen LogP contribution in [0.3, 0.4) is 0 Å². The molecule has 1 fully saturated rings.